The summed E-state index contributed by atoms with van der Waals surface area (Å²) in [6, 6.07) is 0.204. The highest BCUT2D eigenvalue weighted by molar-refractivity contribution is 7.18. The zero-order valence-electron chi connectivity index (χ0n) is 12.3. The van der Waals surface area contributed by atoms with Crippen molar-refractivity contribution in [1.29, 1.82) is 0 Å². The van der Waals surface area contributed by atoms with Gasteiger partial charge < -0.3 is 20.9 Å². The highest BCUT2D eigenvalue weighted by atomic mass is 32.1. The Hall–Kier alpha value is -1.34. The van der Waals surface area contributed by atoms with Crippen LogP contribution < -0.4 is 16.0 Å². The third-order valence-electron chi connectivity index (χ3n) is 3.61. The van der Waals surface area contributed by atoms with E-state index < -0.39 is 0 Å². The molecule has 0 radical (unpaired) electrons. The van der Waals surface area contributed by atoms with Crippen molar-refractivity contribution in [2.45, 2.75) is 25.8 Å². The van der Waals surface area contributed by atoms with Crippen LogP contribution in [-0.2, 0) is 0 Å². The van der Waals surface area contributed by atoms with Crippen molar-refractivity contribution in [3.63, 3.8) is 0 Å². The van der Waals surface area contributed by atoms with Gasteiger partial charge in [0.15, 0.2) is 5.13 Å². The second kappa shape index (κ2) is 6.41. The summed E-state index contributed by atoms with van der Waals surface area (Å²) in [6.45, 7) is 4.86. The molecule has 0 saturated carbocycles. The average Bonchev–Trinajstić information content (AvgIpc) is 2.80. The summed E-state index contributed by atoms with van der Waals surface area (Å²) in [5.41, 5.74) is 5.87. The smallest absolute Gasteiger partial charge is 0.265 e. The second-order valence-electron chi connectivity index (χ2n) is 5.30. The average molecular weight is 297 g/mol. The van der Waals surface area contributed by atoms with E-state index in [9.17, 15) is 4.79 Å². The maximum Gasteiger partial charge on any atom is 0.265 e. The van der Waals surface area contributed by atoms with Gasteiger partial charge in [-0.05, 0) is 33.4 Å². The molecular weight excluding hydrogens is 274 g/mol. The molecule has 0 aliphatic carbocycles. The molecule has 7 heteroatoms. The standard InChI is InChI=1S/C13H23N5OS/c1-4-18(3)13-16-11(14)10(20-13)12(19)15-9-6-5-7-17(2)8-9/h9H,4-8,14H2,1-3H3,(H,15,19). The lowest BCUT2D eigenvalue weighted by Crippen LogP contribution is -2.46. The zero-order chi connectivity index (χ0) is 14.7. The number of likely N-dealkylation sites (tertiary alicyclic amines) is 1. The van der Waals surface area contributed by atoms with Gasteiger partial charge in [-0.15, -0.1) is 0 Å². The van der Waals surface area contributed by atoms with Crippen LogP contribution in [0.25, 0.3) is 0 Å². The molecule has 1 amide bonds. The summed E-state index contributed by atoms with van der Waals surface area (Å²) in [6.07, 6.45) is 2.14. The summed E-state index contributed by atoms with van der Waals surface area (Å²) >= 11 is 1.35. The van der Waals surface area contributed by atoms with Crippen LogP contribution in [0.2, 0.25) is 0 Å². The number of hydrogen-bond acceptors (Lipinski definition) is 6. The number of thiazole rings is 1. The van der Waals surface area contributed by atoms with Crippen molar-refractivity contribution in [1.82, 2.24) is 15.2 Å². The molecule has 1 atom stereocenters. The molecule has 1 saturated heterocycles. The quantitative estimate of drug-likeness (QED) is 0.867. The van der Waals surface area contributed by atoms with E-state index in [1.807, 2.05) is 18.9 Å². The van der Waals surface area contributed by atoms with Gasteiger partial charge in [-0.2, -0.15) is 0 Å². The molecule has 0 spiro atoms. The van der Waals surface area contributed by atoms with Crippen molar-refractivity contribution in [3.8, 4) is 0 Å². The van der Waals surface area contributed by atoms with Gasteiger partial charge in [0.25, 0.3) is 5.91 Å². The maximum absolute atomic E-state index is 12.3. The molecule has 1 aromatic heterocycles. The van der Waals surface area contributed by atoms with Crippen molar-refractivity contribution in [2.75, 3.05) is 44.4 Å². The lowest BCUT2D eigenvalue weighted by Gasteiger charge is -2.30. The van der Waals surface area contributed by atoms with Crippen molar-refractivity contribution >= 4 is 28.2 Å². The Kier molecular flexibility index (Phi) is 4.82. The number of nitrogens with zero attached hydrogens (tertiary/aromatic N) is 3. The predicted octanol–water partition coefficient (Wildman–Crippen LogP) is 1.01. The number of carbonyl (C=O) groups excluding carboxylic acids is 1. The van der Waals surface area contributed by atoms with E-state index in [0.29, 0.717) is 10.7 Å². The van der Waals surface area contributed by atoms with Gasteiger partial charge in [-0.3, -0.25) is 4.79 Å². The van der Waals surface area contributed by atoms with Gasteiger partial charge in [0.05, 0.1) is 0 Å². The number of anilines is 2. The number of likely N-dealkylation sites (N-methyl/N-ethyl adjacent to an activating group) is 1. The third-order valence-corrected chi connectivity index (χ3v) is 4.79. The molecule has 1 aromatic rings. The first-order valence-electron chi connectivity index (χ1n) is 6.98. The fourth-order valence-electron chi connectivity index (χ4n) is 2.32. The summed E-state index contributed by atoms with van der Waals surface area (Å²) in [5.74, 6) is 0.225. The van der Waals surface area contributed by atoms with Gasteiger partial charge in [-0.25, -0.2) is 4.98 Å². The van der Waals surface area contributed by atoms with Crippen LogP contribution in [-0.4, -0.2) is 55.6 Å². The van der Waals surface area contributed by atoms with Crippen LogP contribution in [0.5, 0.6) is 0 Å². The van der Waals surface area contributed by atoms with Crippen LogP contribution >= 0.6 is 11.3 Å². The first-order chi connectivity index (χ1) is 9.51. The van der Waals surface area contributed by atoms with Gasteiger partial charge in [0, 0.05) is 26.2 Å². The molecule has 112 valence electrons. The summed E-state index contributed by atoms with van der Waals surface area (Å²) in [7, 11) is 4.02. The van der Waals surface area contributed by atoms with Crippen molar-refractivity contribution in [3.05, 3.63) is 4.88 Å². The number of piperidine rings is 1. The van der Waals surface area contributed by atoms with Crippen LogP contribution in [0.3, 0.4) is 0 Å². The number of aromatic nitrogens is 1. The predicted molar refractivity (Wildman–Crippen MR) is 83.5 cm³/mol. The van der Waals surface area contributed by atoms with E-state index in [1.165, 1.54) is 11.3 Å². The number of amides is 1. The normalized spacial score (nSPS) is 19.9. The van der Waals surface area contributed by atoms with Crippen LogP contribution in [0.1, 0.15) is 29.4 Å². The Morgan fingerprint density at radius 3 is 3.05 bits per heavy atom. The van der Waals surface area contributed by atoms with E-state index in [2.05, 4.69) is 22.2 Å². The highest BCUT2D eigenvalue weighted by Crippen LogP contribution is 2.27. The number of nitrogens with two attached hydrogens (primary N) is 1. The Morgan fingerprint density at radius 2 is 2.40 bits per heavy atom. The minimum atomic E-state index is -0.101. The first kappa shape index (κ1) is 15.1. The molecule has 1 fully saturated rings. The molecule has 3 N–H and O–H groups in total. The van der Waals surface area contributed by atoms with Gasteiger partial charge in [-0.1, -0.05) is 11.3 Å². The lowest BCUT2D eigenvalue weighted by molar-refractivity contribution is 0.0917. The summed E-state index contributed by atoms with van der Waals surface area (Å²) < 4.78 is 0. The molecule has 2 heterocycles. The number of rotatable bonds is 4. The monoisotopic (exact) mass is 297 g/mol. The van der Waals surface area contributed by atoms with Crippen LogP contribution in [0, 0.1) is 0 Å². The topological polar surface area (TPSA) is 74.5 Å². The maximum atomic E-state index is 12.3. The van der Waals surface area contributed by atoms with Crippen molar-refractivity contribution in [2.24, 2.45) is 0 Å². The third kappa shape index (κ3) is 3.40. The minimum absolute atomic E-state index is 0.101. The molecule has 20 heavy (non-hydrogen) atoms. The Bertz CT molecular complexity index is 475. The fraction of sp³-hybridized carbons (Fsp3) is 0.692. The number of nitrogen functional groups attached to an aromatic ring is 1. The molecule has 1 aliphatic heterocycles. The Labute approximate surface area is 124 Å². The van der Waals surface area contributed by atoms with E-state index in [4.69, 9.17) is 5.73 Å². The molecular formula is C13H23N5OS. The van der Waals surface area contributed by atoms with Crippen molar-refractivity contribution < 1.29 is 4.79 Å². The summed E-state index contributed by atoms with van der Waals surface area (Å²) in [4.78, 5) is 21.3. The molecule has 1 unspecified atom stereocenters. The summed E-state index contributed by atoms with van der Waals surface area (Å²) in [5, 5.41) is 3.86. The van der Waals surface area contributed by atoms with Crippen LogP contribution in [0.15, 0.2) is 0 Å². The molecule has 0 aromatic carbocycles. The van der Waals surface area contributed by atoms with E-state index in [1.54, 1.807) is 0 Å². The molecule has 0 bridgehead atoms. The largest absolute Gasteiger partial charge is 0.382 e. The second-order valence-corrected chi connectivity index (χ2v) is 6.28. The van der Waals surface area contributed by atoms with Gasteiger partial charge in [0.2, 0.25) is 0 Å². The zero-order valence-corrected chi connectivity index (χ0v) is 13.2. The fourth-order valence-corrected chi connectivity index (χ4v) is 3.23. The molecule has 1 aliphatic rings. The minimum Gasteiger partial charge on any atom is -0.382 e. The van der Waals surface area contributed by atoms with Crippen LogP contribution in [0.4, 0.5) is 10.9 Å². The van der Waals surface area contributed by atoms with E-state index in [-0.39, 0.29) is 11.9 Å². The first-order valence-corrected chi connectivity index (χ1v) is 7.79. The molecule has 2 rings (SSSR count). The Morgan fingerprint density at radius 1 is 1.65 bits per heavy atom. The number of nitrogens with one attached hydrogen (secondary N) is 1. The number of carbonyl (C=O) groups is 1. The lowest BCUT2D eigenvalue weighted by atomic mass is 10.1. The number of hydrogen-bond donors (Lipinski definition) is 2. The SMILES string of the molecule is CCN(C)c1nc(N)c(C(=O)NC2CCCN(C)C2)s1. The van der Waals surface area contributed by atoms with Gasteiger partial charge in [0.1, 0.15) is 10.7 Å². The van der Waals surface area contributed by atoms with E-state index in [0.717, 1.165) is 37.6 Å². The van der Waals surface area contributed by atoms with E-state index >= 15 is 0 Å². The molecule has 6 nitrogen and oxygen atoms in total. The Balaban J connectivity index is 2.03. The highest BCUT2D eigenvalue weighted by Gasteiger charge is 2.23. The van der Waals surface area contributed by atoms with Gasteiger partial charge >= 0.3 is 0 Å².